The molecule has 33 heavy (non-hydrogen) atoms. The van der Waals surface area contributed by atoms with Crippen molar-refractivity contribution in [3.63, 3.8) is 0 Å². The van der Waals surface area contributed by atoms with Crippen LogP contribution in [0.1, 0.15) is 110 Å². The van der Waals surface area contributed by atoms with E-state index in [1.807, 2.05) is 18.2 Å². The van der Waals surface area contributed by atoms with Crippen LogP contribution >= 0.6 is 0 Å². The third-order valence-electron chi connectivity index (χ3n) is 6.77. The van der Waals surface area contributed by atoms with Gasteiger partial charge in [0.1, 0.15) is 8.07 Å². The number of rotatable bonds is 13. The molecule has 0 aliphatic heterocycles. The minimum absolute atomic E-state index is 0.305. The smallest absolute Gasteiger partial charge is 0.339 e. The second kappa shape index (κ2) is 15.8. The maximum Gasteiger partial charge on any atom is 0.339 e. The normalized spacial score (nSPS) is 12.2. The van der Waals surface area contributed by atoms with Gasteiger partial charge in [-0.2, -0.15) is 0 Å². The fourth-order valence-electron chi connectivity index (χ4n) is 4.91. The Morgan fingerprint density at radius 3 is 1.91 bits per heavy atom. The fourth-order valence-corrected chi connectivity index (χ4v) is 10.1. The molecule has 1 aromatic carbocycles. The molecular weight excluding hydrogens is 420 g/mol. The lowest BCUT2D eigenvalue weighted by Gasteiger charge is -2.37. The number of hydrogen-bond acceptors (Lipinski definition) is 2. The van der Waals surface area contributed by atoms with Crippen molar-refractivity contribution in [2.24, 2.45) is 0 Å². The molecule has 0 heterocycles. The maximum atomic E-state index is 12.6. The topological polar surface area (TPSA) is 26.3 Å². The van der Waals surface area contributed by atoms with E-state index in [1.54, 1.807) is 12.1 Å². The van der Waals surface area contributed by atoms with E-state index in [-0.39, 0.29) is 5.97 Å². The van der Waals surface area contributed by atoms with Crippen molar-refractivity contribution >= 4 is 14.0 Å². The van der Waals surface area contributed by atoms with E-state index in [1.165, 1.54) is 32.1 Å². The first-order chi connectivity index (χ1) is 15.8. The van der Waals surface area contributed by atoms with Crippen molar-refractivity contribution in [1.82, 2.24) is 0 Å². The van der Waals surface area contributed by atoms with Crippen molar-refractivity contribution < 1.29 is 9.53 Å². The molecule has 0 spiro atoms. The van der Waals surface area contributed by atoms with Gasteiger partial charge < -0.3 is 4.74 Å². The Balaban J connectivity index is 2.91. The van der Waals surface area contributed by atoms with Crippen LogP contribution < -0.4 is 0 Å². The van der Waals surface area contributed by atoms with E-state index in [9.17, 15) is 4.79 Å². The summed E-state index contributed by atoms with van der Waals surface area (Å²) >= 11 is 0. The maximum absolute atomic E-state index is 12.6. The van der Waals surface area contributed by atoms with Gasteiger partial charge in [-0.05, 0) is 59.4 Å². The van der Waals surface area contributed by atoms with Crippen molar-refractivity contribution in [3.05, 3.63) is 35.9 Å². The van der Waals surface area contributed by atoms with Gasteiger partial charge in [0.25, 0.3) is 0 Å². The predicted molar refractivity (Wildman–Crippen MR) is 145 cm³/mol. The van der Waals surface area contributed by atoms with E-state index < -0.39 is 14.2 Å². The molecule has 1 rings (SSSR count). The average molecular weight is 467 g/mol. The van der Waals surface area contributed by atoms with Crippen molar-refractivity contribution in [1.29, 1.82) is 0 Å². The second-order valence-corrected chi connectivity index (χ2v) is 15.7. The van der Waals surface area contributed by atoms with Gasteiger partial charge in [0, 0.05) is 0 Å². The Morgan fingerprint density at radius 1 is 0.818 bits per heavy atom. The Bertz CT molecular complexity index is 781. The molecule has 0 saturated carbocycles. The van der Waals surface area contributed by atoms with Gasteiger partial charge in [0.2, 0.25) is 0 Å². The first-order valence-electron chi connectivity index (χ1n) is 13.0. The van der Waals surface area contributed by atoms with Crippen LogP contribution in [0, 0.1) is 23.3 Å². The second-order valence-electron chi connectivity index (χ2n) is 10.1. The number of hydrogen-bond donors (Lipinski definition) is 0. The van der Waals surface area contributed by atoms with E-state index in [2.05, 4.69) is 71.8 Å². The third kappa shape index (κ3) is 9.81. The molecule has 3 heteroatoms. The average Bonchev–Trinajstić information content (AvgIpc) is 2.77. The predicted octanol–water partition coefficient (Wildman–Crippen LogP) is 8.58. The van der Waals surface area contributed by atoms with E-state index in [0.29, 0.717) is 22.2 Å². The molecule has 1 atom stereocenters. The SMILES string of the molecule is CCCCCCCCC[C@H](C#CC#C[Si](C(C)C)(C(C)C)C(C)C)OC(=O)c1ccccc1. The van der Waals surface area contributed by atoms with E-state index in [0.717, 1.165) is 19.3 Å². The molecule has 0 unspecified atom stereocenters. The van der Waals surface area contributed by atoms with Crippen LogP contribution in [0.25, 0.3) is 0 Å². The van der Waals surface area contributed by atoms with Crippen molar-refractivity contribution in [2.45, 2.75) is 123 Å². The summed E-state index contributed by atoms with van der Waals surface area (Å²) in [5.41, 5.74) is 5.94. The Labute approximate surface area is 205 Å². The molecule has 0 N–H and O–H groups in total. The number of esters is 1. The van der Waals surface area contributed by atoms with Crippen LogP contribution in [-0.4, -0.2) is 20.1 Å². The molecule has 0 radical (unpaired) electrons. The van der Waals surface area contributed by atoms with Gasteiger partial charge in [-0.3, -0.25) is 0 Å². The van der Waals surface area contributed by atoms with Gasteiger partial charge in [-0.15, -0.1) is 5.54 Å². The summed E-state index contributed by atoms with van der Waals surface area (Å²) < 4.78 is 5.79. The zero-order valence-corrected chi connectivity index (χ0v) is 23.2. The van der Waals surface area contributed by atoms with Crippen LogP contribution in [-0.2, 0) is 4.74 Å². The summed E-state index contributed by atoms with van der Waals surface area (Å²) in [6, 6.07) is 9.18. The number of carbonyl (C=O) groups is 1. The summed E-state index contributed by atoms with van der Waals surface area (Å²) in [6.45, 7) is 16.1. The zero-order chi connectivity index (χ0) is 24.7. The Kier molecular flexibility index (Phi) is 13.9. The summed E-state index contributed by atoms with van der Waals surface area (Å²) in [4.78, 5) is 12.6. The minimum Gasteiger partial charge on any atom is -0.446 e. The highest BCUT2D eigenvalue weighted by Crippen LogP contribution is 2.40. The number of unbranched alkanes of at least 4 members (excludes halogenated alkanes) is 6. The van der Waals surface area contributed by atoms with Crippen molar-refractivity contribution in [2.75, 3.05) is 0 Å². The molecule has 2 nitrogen and oxygen atoms in total. The molecule has 0 bridgehead atoms. The monoisotopic (exact) mass is 466 g/mol. The number of ether oxygens (including phenoxy) is 1. The quantitative estimate of drug-likeness (QED) is 0.126. The molecule has 0 amide bonds. The fraction of sp³-hybridized carbons (Fsp3) is 0.633. The highest BCUT2D eigenvalue weighted by atomic mass is 28.3. The summed E-state index contributed by atoms with van der Waals surface area (Å²) in [7, 11) is -1.80. The van der Waals surface area contributed by atoms with Crippen LogP contribution in [0.3, 0.4) is 0 Å². The summed E-state index contributed by atoms with van der Waals surface area (Å²) in [5.74, 6) is 9.15. The highest BCUT2D eigenvalue weighted by molar-refractivity contribution is 6.90. The highest BCUT2D eigenvalue weighted by Gasteiger charge is 2.41. The van der Waals surface area contributed by atoms with Gasteiger partial charge >= 0.3 is 5.97 Å². The molecule has 182 valence electrons. The number of carbonyl (C=O) groups excluding carboxylic acids is 1. The third-order valence-corrected chi connectivity index (χ3v) is 13.1. The Hall–Kier alpha value is -1.97. The van der Waals surface area contributed by atoms with Gasteiger partial charge in [0.05, 0.1) is 5.56 Å². The Morgan fingerprint density at radius 2 is 1.36 bits per heavy atom. The standard InChI is InChI=1S/C30H46O2Si/c1-8-9-10-11-12-13-17-22-29(32-30(31)28-20-15-14-16-21-28)23-18-19-24-33(25(2)3,26(4)5)27(6)7/h14-16,20-21,25-27,29H,8-13,17,22H2,1-7H3/t29-/m1/s1. The van der Waals surface area contributed by atoms with Crippen LogP contribution in [0.4, 0.5) is 0 Å². The molecule has 1 aromatic rings. The first kappa shape index (κ1) is 29.1. The largest absolute Gasteiger partial charge is 0.446 e. The van der Waals surface area contributed by atoms with Crippen LogP contribution in [0.5, 0.6) is 0 Å². The molecule has 0 saturated heterocycles. The lowest BCUT2D eigenvalue weighted by Crippen LogP contribution is -2.43. The van der Waals surface area contributed by atoms with E-state index in [4.69, 9.17) is 4.74 Å². The lowest BCUT2D eigenvalue weighted by atomic mass is 10.1. The molecule has 0 aromatic heterocycles. The number of benzene rings is 1. The minimum atomic E-state index is -1.80. The molecular formula is C30H46O2Si. The first-order valence-corrected chi connectivity index (χ1v) is 15.3. The van der Waals surface area contributed by atoms with Crippen molar-refractivity contribution in [3.8, 4) is 23.3 Å². The lowest BCUT2D eigenvalue weighted by molar-refractivity contribution is 0.0393. The van der Waals surface area contributed by atoms with E-state index >= 15 is 0 Å². The van der Waals surface area contributed by atoms with Gasteiger partial charge in [-0.1, -0.05) is 105 Å². The molecule has 0 aliphatic carbocycles. The van der Waals surface area contributed by atoms with Crippen LogP contribution in [0.15, 0.2) is 30.3 Å². The summed E-state index contributed by atoms with van der Waals surface area (Å²) in [5, 5.41) is 0. The van der Waals surface area contributed by atoms with Gasteiger partial charge in [-0.25, -0.2) is 4.79 Å². The van der Waals surface area contributed by atoms with Gasteiger partial charge in [0.15, 0.2) is 6.10 Å². The molecule has 0 aliphatic rings. The molecule has 0 fully saturated rings. The zero-order valence-electron chi connectivity index (χ0n) is 22.2. The summed E-state index contributed by atoms with van der Waals surface area (Å²) in [6.07, 6.45) is 8.94. The van der Waals surface area contributed by atoms with Crippen LogP contribution in [0.2, 0.25) is 16.6 Å².